The number of pyridine rings is 2. The number of ether oxygens (including phenoxy) is 1. The van der Waals surface area contributed by atoms with Crippen molar-refractivity contribution in [2.45, 2.75) is 37.2 Å². The predicted octanol–water partition coefficient (Wildman–Crippen LogP) is 4.76. The lowest BCUT2D eigenvalue weighted by Crippen LogP contribution is -2.36. The molecule has 0 amide bonds. The molecule has 1 N–H and O–H groups in total. The number of nitrogens with zero attached hydrogens (tertiary/aromatic N) is 4. The van der Waals surface area contributed by atoms with Crippen molar-refractivity contribution < 1.29 is 9.13 Å². The second-order valence-corrected chi connectivity index (χ2v) is 9.75. The second kappa shape index (κ2) is 10.4. The van der Waals surface area contributed by atoms with E-state index in [9.17, 15) is 4.39 Å². The molecular formula is C22H26FN5OS2. The van der Waals surface area contributed by atoms with Gasteiger partial charge >= 0.3 is 0 Å². The molecule has 0 unspecified atom stereocenters. The molecule has 164 valence electrons. The minimum absolute atomic E-state index is 0.514. The first kappa shape index (κ1) is 22.0. The number of morpholine rings is 1. The van der Waals surface area contributed by atoms with E-state index in [1.807, 2.05) is 38.2 Å². The average molecular weight is 460 g/mol. The summed E-state index contributed by atoms with van der Waals surface area (Å²) in [5.74, 6) is 1.56. The van der Waals surface area contributed by atoms with Crippen LogP contribution >= 0.6 is 23.1 Å². The molecule has 0 spiro atoms. The van der Waals surface area contributed by atoms with Gasteiger partial charge in [-0.25, -0.2) is 14.4 Å². The first-order chi connectivity index (χ1) is 15.1. The van der Waals surface area contributed by atoms with E-state index in [4.69, 9.17) is 4.74 Å². The number of thiazole rings is 1. The predicted molar refractivity (Wildman–Crippen MR) is 125 cm³/mol. The quantitative estimate of drug-likeness (QED) is 0.487. The molecule has 1 fully saturated rings. The summed E-state index contributed by atoms with van der Waals surface area (Å²) >= 11 is 3.18. The molecule has 31 heavy (non-hydrogen) atoms. The molecule has 0 radical (unpaired) electrons. The molecule has 4 heterocycles. The summed E-state index contributed by atoms with van der Waals surface area (Å²) in [6, 6.07) is 8.12. The Morgan fingerprint density at radius 1 is 1.23 bits per heavy atom. The van der Waals surface area contributed by atoms with E-state index >= 15 is 0 Å². The minimum Gasteiger partial charge on any atom is -0.378 e. The lowest BCUT2D eigenvalue weighted by atomic mass is 10.2. The molecule has 1 aliphatic heterocycles. The molecule has 1 saturated heterocycles. The molecular weight excluding hydrogens is 433 g/mol. The molecule has 1 aliphatic rings. The number of nitrogens with one attached hydrogen (secondary N) is 1. The van der Waals surface area contributed by atoms with E-state index in [2.05, 4.69) is 31.2 Å². The van der Waals surface area contributed by atoms with Crippen LogP contribution in [-0.2, 0) is 23.7 Å². The van der Waals surface area contributed by atoms with Crippen LogP contribution in [-0.4, -0.2) is 41.3 Å². The topological polar surface area (TPSA) is 63.2 Å². The molecule has 0 aromatic carbocycles. The van der Waals surface area contributed by atoms with Crippen molar-refractivity contribution in [3.8, 4) is 0 Å². The highest BCUT2D eigenvalue weighted by molar-refractivity contribution is 8.00. The van der Waals surface area contributed by atoms with E-state index in [-0.39, 0.29) is 0 Å². The second-order valence-electron chi connectivity index (χ2n) is 7.33. The largest absolute Gasteiger partial charge is 0.378 e. The van der Waals surface area contributed by atoms with Gasteiger partial charge in [0.15, 0.2) is 4.34 Å². The lowest BCUT2D eigenvalue weighted by Gasteiger charge is -2.30. The zero-order valence-electron chi connectivity index (χ0n) is 17.7. The van der Waals surface area contributed by atoms with Crippen LogP contribution < -0.4 is 10.2 Å². The third kappa shape index (κ3) is 5.72. The normalized spacial score (nSPS) is 14.1. The highest BCUT2D eigenvalue weighted by Crippen LogP contribution is 2.33. The van der Waals surface area contributed by atoms with Crippen molar-refractivity contribution in [3.05, 3.63) is 58.0 Å². The standard InChI is InChI=1S/C22H26FN5OS2/c1-15-4-3-5-18(26-15)13-25-21-10-20(28-6-8-29-9-7-28)17(12-24-21)14-30-22-27-19(11-23)16(2)31-22/h3-5,10,12H,6-9,11,13-14H2,1-2H3,(H,24,25). The van der Waals surface area contributed by atoms with Crippen molar-refractivity contribution >= 4 is 34.6 Å². The van der Waals surface area contributed by atoms with Gasteiger partial charge in [-0.15, -0.1) is 11.3 Å². The number of rotatable bonds is 8. The first-order valence-corrected chi connectivity index (χ1v) is 12.1. The Morgan fingerprint density at radius 2 is 2.06 bits per heavy atom. The van der Waals surface area contributed by atoms with Crippen LogP contribution in [0.1, 0.15) is 27.5 Å². The Morgan fingerprint density at radius 3 is 2.81 bits per heavy atom. The maximum absolute atomic E-state index is 13.0. The van der Waals surface area contributed by atoms with Crippen LogP contribution in [0, 0.1) is 13.8 Å². The highest BCUT2D eigenvalue weighted by atomic mass is 32.2. The first-order valence-electron chi connectivity index (χ1n) is 10.3. The smallest absolute Gasteiger partial charge is 0.150 e. The van der Waals surface area contributed by atoms with Gasteiger partial charge in [0.1, 0.15) is 12.5 Å². The minimum atomic E-state index is -0.514. The Hall–Kier alpha value is -2.23. The van der Waals surface area contributed by atoms with Gasteiger partial charge in [0.2, 0.25) is 0 Å². The molecule has 0 saturated carbocycles. The average Bonchev–Trinajstić information content (AvgIpc) is 3.16. The van der Waals surface area contributed by atoms with Gasteiger partial charge in [0, 0.05) is 52.9 Å². The van der Waals surface area contributed by atoms with Gasteiger partial charge < -0.3 is 15.0 Å². The van der Waals surface area contributed by atoms with Crippen LogP contribution in [0.3, 0.4) is 0 Å². The van der Waals surface area contributed by atoms with Crippen LogP contribution in [0.4, 0.5) is 15.9 Å². The summed E-state index contributed by atoms with van der Waals surface area (Å²) < 4.78 is 19.5. The van der Waals surface area contributed by atoms with Gasteiger partial charge in [0.25, 0.3) is 0 Å². The highest BCUT2D eigenvalue weighted by Gasteiger charge is 2.17. The molecule has 0 aliphatic carbocycles. The van der Waals surface area contributed by atoms with E-state index in [1.165, 1.54) is 0 Å². The Bertz CT molecular complexity index is 1020. The number of anilines is 2. The summed E-state index contributed by atoms with van der Waals surface area (Å²) in [5, 5.41) is 3.40. The zero-order valence-corrected chi connectivity index (χ0v) is 19.4. The number of aromatic nitrogens is 3. The fourth-order valence-electron chi connectivity index (χ4n) is 3.39. The number of hydrogen-bond donors (Lipinski definition) is 1. The summed E-state index contributed by atoms with van der Waals surface area (Å²) in [6.07, 6.45) is 1.93. The SMILES string of the molecule is Cc1cccc(CNc2cc(N3CCOCC3)c(CSc3nc(CF)c(C)s3)cn2)n1. The zero-order chi connectivity index (χ0) is 21.6. The molecule has 3 aromatic heterocycles. The van der Waals surface area contributed by atoms with Gasteiger partial charge in [-0.1, -0.05) is 17.8 Å². The number of halogens is 1. The fourth-order valence-corrected chi connectivity index (χ4v) is 5.48. The molecule has 9 heteroatoms. The van der Waals surface area contributed by atoms with Crippen LogP contribution in [0.5, 0.6) is 0 Å². The Labute approximate surface area is 190 Å². The summed E-state index contributed by atoms with van der Waals surface area (Å²) in [6.45, 7) is 7.15. The van der Waals surface area contributed by atoms with E-state index < -0.39 is 6.67 Å². The molecule has 3 aromatic rings. The maximum Gasteiger partial charge on any atom is 0.150 e. The molecule has 4 rings (SSSR count). The van der Waals surface area contributed by atoms with Gasteiger partial charge in [-0.3, -0.25) is 4.98 Å². The Balaban J connectivity index is 1.50. The third-order valence-electron chi connectivity index (χ3n) is 5.06. The van der Waals surface area contributed by atoms with E-state index in [1.54, 1.807) is 23.1 Å². The van der Waals surface area contributed by atoms with Gasteiger partial charge in [-0.05, 0) is 26.0 Å². The maximum atomic E-state index is 13.0. The summed E-state index contributed by atoms with van der Waals surface area (Å²) in [5.41, 5.74) is 4.83. The van der Waals surface area contributed by atoms with E-state index in [0.29, 0.717) is 12.2 Å². The van der Waals surface area contributed by atoms with Crippen LogP contribution in [0.15, 0.2) is 34.8 Å². The summed E-state index contributed by atoms with van der Waals surface area (Å²) in [4.78, 5) is 16.9. The van der Waals surface area contributed by atoms with E-state index in [0.717, 1.165) is 69.7 Å². The van der Waals surface area contributed by atoms with Crippen molar-refractivity contribution in [2.24, 2.45) is 0 Å². The molecule has 0 atom stereocenters. The number of aryl methyl sites for hydroxylation is 2. The van der Waals surface area contributed by atoms with Crippen molar-refractivity contribution in [1.29, 1.82) is 0 Å². The number of alkyl halides is 1. The monoisotopic (exact) mass is 459 g/mol. The summed E-state index contributed by atoms with van der Waals surface area (Å²) in [7, 11) is 0. The molecule has 0 bridgehead atoms. The van der Waals surface area contributed by atoms with Crippen molar-refractivity contribution in [2.75, 3.05) is 36.5 Å². The van der Waals surface area contributed by atoms with Crippen molar-refractivity contribution in [1.82, 2.24) is 15.0 Å². The third-order valence-corrected chi connectivity index (χ3v) is 7.27. The number of hydrogen-bond acceptors (Lipinski definition) is 8. The number of thioether (sulfide) groups is 1. The van der Waals surface area contributed by atoms with Crippen molar-refractivity contribution in [3.63, 3.8) is 0 Å². The van der Waals surface area contributed by atoms with Crippen LogP contribution in [0.2, 0.25) is 0 Å². The van der Waals surface area contributed by atoms with Crippen LogP contribution in [0.25, 0.3) is 0 Å². The fraction of sp³-hybridized carbons (Fsp3) is 0.409. The molecule has 6 nitrogen and oxygen atoms in total. The Kier molecular flexibility index (Phi) is 7.37. The van der Waals surface area contributed by atoms with Gasteiger partial charge in [-0.2, -0.15) is 0 Å². The lowest BCUT2D eigenvalue weighted by molar-refractivity contribution is 0.122. The van der Waals surface area contributed by atoms with Gasteiger partial charge in [0.05, 0.1) is 31.1 Å².